The fourth-order valence-corrected chi connectivity index (χ4v) is 5.38. The van der Waals surface area contributed by atoms with Crippen molar-refractivity contribution in [1.82, 2.24) is 15.1 Å². The fraction of sp³-hybridized carbons (Fsp3) is 0.533. The molecule has 8 heteroatoms. The van der Waals surface area contributed by atoms with Crippen molar-refractivity contribution in [2.24, 2.45) is 5.92 Å². The first kappa shape index (κ1) is 27.9. The average molecular weight is 523 g/mol. The van der Waals surface area contributed by atoms with Crippen LogP contribution < -0.4 is 15.4 Å². The number of likely N-dealkylation sites (N-methyl/N-ethyl adjacent to an activating group) is 1. The van der Waals surface area contributed by atoms with Crippen molar-refractivity contribution in [2.75, 3.05) is 32.1 Å². The highest BCUT2D eigenvalue weighted by atomic mass is 16.5. The molecule has 1 heterocycles. The van der Waals surface area contributed by atoms with Gasteiger partial charge >= 0.3 is 6.03 Å². The van der Waals surface area contributed by atoms with Crippen LogP contribution in [-0.4, -0.2) is 71.8 Å². The van der Waals surface area contributed by atoms with Crippen LogP contribution in [0.2, 0.25) is 0 Å². The molecule has 0 unspecified atom stereocenters. The number of urea groups is 1. The number of rotatable bonds is 8. The third-order valence-electron chi connectivity index (χ3n) is 7.65. The van der Waals surface area contributed by atoms with Gasteiger partial charge in [0.15, 0.2) is 0 Å². The molecule has 0 aromatic heterocycles. The van der Waals surface area contributed by atoms with Crippen molar-refractivity contribution >= 4 is 17.6 Å². The number of nitrogens with one attached hydrogen (secondary N) is 2. The number of fused-ring (bicyclic) bond motifs is 1. The quantitative estimate of drug-likeness (QED) is 0.475. The van der Waals surface area contributed by atoms with Crippen LogP contribution in [0.5, 0.6) is 5.75 Å². The molecule has 8 nitrogen and oxygen atoms in total. The van der Waals surface area contributed by atoms with Crippen LogP contribution in [0.1, 0.15) is 61.9 Å². The Balaban J connectivity index is 1.53. The number of ether oxygens (including phenoxy) is 1. The highest BCUT2D eigenvalue weighted by molar-refractivity contribution is 5.99. The maximum atomic E-state index is 13.7. The maximum Gasteiger partial charge on any atom is 0.319 e. The summed E-state index contributed by atoms with van der Waals surface area (Å²) in [6, 6.07) is 15.1. The first-order chi connectivity index (χ1) is 18.3. The molecule has 1 saturated carbocycles. The van der Waals surface area contributed by atoms with Gasteiger partial charge in [-0.1, -0.05) is 56.5 Å². The van der Waals surface area contributed by atoms with Gasteiger partial charge in [0, 0.05) is 37.3 Å². The van der Waals surface area contributed by atoms with E-state index in [9.17, 15) is 14.7 Å². The van der Waals surface area contributed by atoms with E-state index in [1.807, 2.05) is 25.1 Å². The van der Waals surface area contributed by atoms with E-state index < -0.39 is 0 Å². The molecule has 1 fully saturated rings. The zero-order valence-electron chi connectivity index (χ0n) is 22.9. The molecule has 0 spiro atoms. The summed E-state index contributed by atoms with van der Waals surface area (Å²) in [4.78, 5) is 30.3. The minimum atomic E-state index is -0.343. The normalized spacial score (nSPS) is 21.2. The number of amides is 3. The summed E-state index contributed by atoms with van der Waals surface area (Å²) in [5.74, 6) is 0.326. The summed E-state index contributed by atoms with van der Waals surface area (Å²) in [6.45, 7) is 5.73. The summed E-state index contributed by atoms with van der Waals surface area (Å²) in [5, 5.41) is 15.9. The lowest BCUT2D eigenvalue weighted by atomic mass is 9.96. The van der Waals surface area contributed by atoms with Gasteiger partial charge in [-0.3, -0.25) is 9.69 Å². The third kappa shape index (κ3) is 7.26. The van der Waals surface area contributed by atoms with Crippen molar-refractivity contribution in [1.29, 1.82) is 0 Å². The zero-order chi connectivity index (χ0) is 27.1. The Morgan fingerprint density at radius 1 is 1.16 bits per heavy atom. The molecule has 0 saturated heterocycles. The number of aliphatic hydroxyl groups excluding tert-OH is 1. The third-order valence-corrected chi connectivity index (χ3v) is 7.65. The van der Waals surface area contributed by atoms with Crippen LogP contribution in [0.25, 0.3) is 0 Å². The predicted molar refractivity (Wildman–Crippen MR) is 149 cm³/mol. The van der Waals surface area contributed by atoms with Crippen molar-refractivity contribution < 1.29 is 19.4 Å². The molecule has 0 radical (unpaired) electrons. The second-order valence-electron chi connectivity index (χ2n) is 10.9. The number of hydrogen-bond donors (Lipinski definition) is 3. The summed E-state index contributed by atoms with van der Waals surface area (Å²) in [7, 11) is 2.07. The van der Waals surface area contributed by atoms with Gasteiger partial charge in [0.1, 0.15) is 11.9 Å². The largest absolute Gasteiger partial charge is 0.488 e. The van der Waals surface area contributed by atoms with Crippen LogP contribution in [-0.2, 0) is 6.54 Å². The first-order valence-electron chi connectivity index (χ1n) is 13.9. The molecular formula is C30H42N4O4. The molecule has 2 aromatic carbocycles. The van der Waals surface area contributed by atoms with Gasteiger partial charge in [0.25, 0.3) is 5.91 Å². The molecule has 3 amide bonds. The molecule has 2 aliphatic rings. The summed E-state index contributed by atoms with van der Waals surface area (Å²) >= 11 is 0. The van der Waals surface area contributed by atoms with Crippen LogP contribution >= 0.6 is 0 Å². The smallest absolute Gasteiger partial charge is 0.319 e. The Kier molecular flexibility index (Phi) is 9.63. The molecule has 3 atom stereocenters. The average Bonchev–Trinajstić information content (AvgIpc) is 2.91. The van der Waals surface area contributed by atoms with Crippen molar-refractivity contribution in [2.45, 2.75) is 70.7 Å². The fourth-order valence-electron chi connectivity index (χ4n) is 5.38. The van der Waals surface area contributed by atoms with Crippen molar-refractivity contribution in [3.05, 3.63) is 59.7 Å². The van der Waals surface area contributed by atoms with E-state index in [2.05, 4.69) is 41.6 Å². The lowest BCUT2D eigenvalue weighted by molar-refractivity contribution is 0.0341. The van der Waals surface area contributed by atoms with Crippen LogP contribution in [0.4, 0.5) is 10.5 Å². The summed E-state index contributed by atoms with van der Waals surface area (Å²) < 4.78 is 6.49. The summed E-state index contributed by atoms with van der Waals surface area (Å²) in [5.41, 5.74) is 2.15. The number of benzene rings is 2. The van der Waals surface area contributed by atoms with Gasteiger partial charge in [-0.25, -0.2) is 4.79 Å². The topological polar surface area (TPSA) is 94.1 Å². The van der Waals surface area contributed by atoms with Crippen LogP contribution in [0.3, 0.4) is 0 Å². The lowest BCUT2D eigenvalue weighted by Crippen LogP contribution is -2.49. The number of aliphatic hydroxyl groups is 1. The SMILES string of the molecule is C[C@H]1CN([C@@H](C)CO)C(=O)c2cc(NC(=O)NC3CCCCC3)ccc2O[C@@H]1CN(C)Cc1ccccc1. The number of anilines is 1. The van der Waals surface area contributed by atoms with Gasteiger partial charge < -0.3 is 25.4 Å². The van der Waals surface area contributed by atoms with Crippen molar-refractivity contribution in [3.63, 3.8) is 0 Å². The molecular weight excluding hydrogens is 480 g/mol. The molecule has 1 aliphatic carbocycles. The Morgan fingerprint density at radius 2 is 1.89 bits per heavy atom. The molecule has 38 heavy (non-hydrogen) atoms. The van der Waals surface area contributed by atoms with E-state index in [-0.39, 0.29) is 42.7 Å². The second-order valence-corrected chi connectivity index (χ2v) is 10.9. The lowest BCUT2D eigenvalue weighted by Gasteiger charge is -2.38. The van der Waals surface area contributed by atoms with Gasteiger partial charge in [-0.15, -0.1) is 0 Å². The van der Waals surface area contributed by atoms with E-state index in [0.717, 1.165) is 32.2 Å². The summed E-state index contributed by atoms with van der Waals surface area (Å²) in [6.07, 6.45) is 5.31. The van der Waals surface area contributed by atoms with Crippen LogP contribution in [0, 0.1) is 5.92 Å². The molecule has 3 N–H and O–H groups in total. The number of carbonyl (C=O) groups excluding carboxylic acids is 2. The van der Waals surface area contributed by atoms with E-state index >= 15 is 0 Å². The zero-order valence-corrected chi connectivity index (χ0v) is 22.9. The Hall–Kier alpha value is -3.10. The predicted octanol–water partition coefficient (Wildman–Crippen LogP) is 4.49. The van der Waals surface area contributed by atoms with Gasteiger partial charge in [-0.05, 0) is 50.6 Å². The van der Waals surface area contributed by atoms with E-state index in [1.165, 1.54) is 12.0 Å². The highest BCUT2D eigenvalue weighted by Crippen LogP contribution is 2.31. The minimum absolute atomic E-state index is 0.0402. The van der Waals surface area contributed by atoms with Gasteiger partial charge in [-0.2, -0.15) is 0 Å². The van der Waals surface area contributed by atoms with Crippen molar-refractivity contribution in [3.8, 4) is 5.75 Å². The van der Waals surface area contributed by atoms with Gasteiger partial charge in [0.05, 0.1) is 18.2 Å². The molecule has 0 bridgehead atoms. The minimum Gasteiger partial charge on any atom is -0.488 e. The maximum absolute atomic E-state index is 13.7. The van der Waals surface area contributed by atoms with Gasteiger partial charge in [0.2, 0.25) is 0 Å². The first-order valence-corrected chi connectivity index (χ1v) is 13.9. The monoisotopic (exact) mass is 522 g/mol. The number of carbonyl (C=O) groups is 2. The second kappa shape index (κ2) is 13.1. The van der Waals surface area contributed by atoms with E-state index in [4.69, 9.17) is 4.74 Å². The molecule has 206 valence electrons. The molecule has 1 aliphatic heterocycles. The number of hydrogen-bond acceptors (Lipinski definition) is 5. The number of nitrogens with zero attached hydrogens (tertiary/aromatic N) is 2. The van der Waals surface area contributed by atoms with E-state index in [1.54, 1.807) is 23.1 Å². The van der Waals surface area contributed by atoms with Crippen LogP contribution in [0.15, 0.2) is 48.5 Å². The highest BCUT2D eigenvalue weighted by Gasteiger charge is 2.33. The Bertz CT molecular complexity index is 1070. The standard InChI is InChI=1S/C30H42N4O4/c1-21-17-34(22(2)20-35)29(36)26-16-25(32-30(37)31-24-12-8-5-9-13-24)14-15-27(26)38-28(21)19-33(3)18-23-10-6-4-7-11-23/h4,6-7,10-11,14-16,21-22,24,28,35H,5,8-9,12-13,17-20H2,1-3H3,(H2,31,32,37)/t21-,22-,28+/m0/s1. The molecule has 2 aromatic rings. The van der Waals surface area contributed by atoms with E-state index in [0.29, 0.717) is 30.1 Å². The molecule has 4 rings (SSSR count). The Labute approximate surface area is 226 Å². The Morgan fingerprint density at radius 3 is 2.61 bits per heavy atom.